The van der Waals surface area contributed by atoms with E-state index in [0.717, 1.165) is 7.11 Å². The van der Waals surface area contributed by atoms with Crippen LogP contribution in [-0.2, 0) is 4.74 Å². The number of halogens is 10. The predicted octanol–water partition coefficient (Wildman–Crippen LogP) is 5.99. The molecular weight excluding hydrogens is 423 g/mol. The molecule has 0 N–H and O–H groups in total. The fourth-order valence-electron chi connectivity index (χ4n) is 1.81. The Hall–Kier alpha value is -0.970. The van der Waals surface area contributed by atoms with Gasteiger partial charge in [0.15, 0.2) is 0 Å². The molecule has 0 aliphatic rings. The Bertz CT molecular complexity index is 571. The van der Waals surface area contributed by atoms with Gasteiger partial charge in [-0.25, -0.2) is 0 Å². The first-order valence-electron chi connectivity index (χ1n) is 6.16. The summed E-state index contributed by atoms with van der Waals surface area (Å²) in [5.74, 6) is -19.2. The van der Waals surface area contributed by atoms with E-state index in [0.29, 0.717) is 4.47 Å². The van der Waals surface area contributed by atoms with E-state index in [4.69, 9.17) is 0 Å². The maximum atomic E-state index is 13.6. The van der Waals surface area contributed by atoms with Crippen LogP contribution in [-0.4, -0.2) is 31.1 Å². The third kappa shape index (κ3) is 3.81. The summed E-state index contributed by atoms with van der Waals surface area (Å²) in [6.45, 7) is 0. The summed E-state index contributed by atoms with van der Waals surface area (Å²) in [6.07, 6.45) is -10.7. The van der Waals surface area contributed by atoms with Crippen molar-refractivity contribution in [3.63, 3.8) is 0 Å². The van der Waals surface area contributed by atoms with Gasteiger partial charge in [0, 0.05) is 18.0 Å². The molecule has 11 heteroatoms. The van der Waals surface area contributed by atoms with E-state index in [2.05, 4.69) is 20.7 Å². The fourth-order valence-corrected chi connectivity index (χ4v) is 2.23. The van der Waals surface area contributed by atoms with Crippen LogP contribution in [0.25, 0.3) is 0 Å². The molecule has 0 radical (unpaired) electrons. The van der Waals surface area contributed by atoms with E-state index in [-0.39, 0.29) is 5.56 Å². The zero-order valence-corrected chi connectivity index (χ0v) is 13.4. The zero-order valence-electron chi connectivity index (χ0n) is 11.8. The van der Waals surface area contributed by atoms with E-state index in [1.54, 1.807) is 0 Å². The molecule has 1 aromatic carbocycles. The number of methoxy groups -OCH3 is 1. The van der Waals surface area contributed by atoms with Crippen LogP contribution >= 0.6 is 15.9 Å². The van der Waals surface area contributed by atoms with E-state index in [9.17, 15) is 39.5 Å². The van der Waals surface area contributed by atoms with Gasteiger partial charge in [0.2, 0.25) is 0 Å². The van der Waals surface area contributed by atoms with Crippen LogP contribution in [0.15, 0.2) is 28.7 Å². The molecule has 0 fully saturated rings. The first-order chi connectivity index (χ1) is 10.7. The molecule has 0 aliphatic heterocycles. The van der Waals surface area contributed by atoms with Crippen LogP contribution in [0.4, 0.5) is 39.5 Å². The molecule has 1 atom stereocenters. The lowest BCUT2D eigenvalue weighted by molar-refractivity contribution is -0.398. The molecule has 1 rings (SSSR count). The topological polar surface area (TPSA) is 9.23 Å². The van der Waals surface area contributed by atoms with Gasteiger partial charge in [0.05, 0.1) is 6.10 Å². The highest BCUT2D eigenvalue weighted by atomic mass is 79.9. The predicted molar refractivity (Wildman–Crippen MR) is 69.4 cm³/mol. The molecule has 1 nitrogen and oxygen atoms in total. The third-order valence-corrected chi connectivity index (χ3v) is 3.65. The minimum absolute atomic E-state index is 0.0994. The van der Waals surface area contributed by atoms with Gasteiger partial charge < -0.3 is 4.74 Å². The second-order valence-electron chi connectivity index (χ2n) is 4.83. The highest BCUT2D eigenvalue weighted by molar-refractivity contribution is 9.10. The Morgan fingerprint density at radius 3 is 1.92 bits per heavy atom. The normalized spacial score (nSPS) is 15.5. The standard InChI is InChI=1S/C13H10BrF9O/c1-24-9(7-3-2-4-8(14)5-7)6-10(15,16)11(17,18)12(19,20)13(21,22)23/h2-5,9H,6H2,1H3. The summed E-state index contributed by atoms with van der Waals surface area (Å²) in [7, 11) is 0.835. The Morgan fingerprint density at radius 1 is 0.958 bits per heavy atom. The van der Waals surface area contributed by atoms with E-state index >= 15 is 0 Å². The number of hydrogen-bond acceptors (Lipinski definition) is 1. The fraction of sp³-hybridized carbons (Fsp3) is 0.538. The molecule has 0 bridgehead atoms. The van der Waals surface area contributed by atoms with Crippen molar-refractivity contribution in [1.29, 1.82) is 0 Å². The lowest BCUT2D eigenvalue weighted by atomic mass is 9.95. The van der Waals surface area contributed by atoms with Crippen LogP contribution < -0.4 is 0 Å². The summed E-state index contributed by atoms with van der Waals surface area (Å²) < 4.78 is 121. The maximum Gasteiger partial charge on any atom is 0.460 e. The largest absolute Gasteiger partial charge is 0.460 e. The van der Waals surface area contributed by atoms with Crippen LogP contribution in [0, 0.1) is 0 Å². The Morgan fingerprint density at radius 2 is 1.50 bits per heavy atom. The van der Waals surface area contributed by atoms with Gasteiger partial charge in [-0.2, -0.15) is 39.5 Å². The molecule has 0 heterocycles. The van der Waals surface area contributed by atoms with Gasteiger partial charge in [-0.05, 0) is 17.7 Å². The number of rotatable bonds is 6. The third-order valence-electron chi connectivity index (χ3n) is 3.16. The van der Waals surface area contributed by atoms with Gasteiger partial charge in [-0.1, -0.05) is 28.1 Å². The van der Waals surface area contributed by atoms with Gasteiger partial charge in [0.1, 0.15) is 0 Å². The molecule has 0 aromatic heterocycles. The molecule has 0 aliphatic carbocycles. The summed E-state index contributed by atoms with van der Waals surface area (Å²) in [5.41, 5.74) is -0.0994. The van der Waals surface area contributed by atoms with E-state index < -0.39 is 36.5 Å². The van der Waals surface area contributed by atoms with E-state index in [1.807, 2.05) is 0 Å². The summed E-state index contributed by atoms with van der Waals surface area (Å²) in [4.78, 5) is 0. The molecule has 138 valence electrons. The van der Waals surface area contributed by atoms with Crippen LogP contribution in [0.5, 0.6) is 0 Å². The van der Waals surface area contributed by atoms with Crippen molar-refractivity contribution < 1.29 is 44.3 Å². The Balaban J connectivity index is 3.18. The lowest BCUT2D eigenvalue weighted by Gasteiger charge is -2.35. The number of alkyl halides is 9. The van der Waals surface area contributed by atoms with Crippen molar-refractivity contribution in [2.75, 3.05) is 7.11 Å². The Kier molecular flexibility index (Phi) is 5.92. The lowest BCUT2D eigenvalue weighted by Crippen LogP contribution is -2.61. The quantitative estimate of drug-likeness (QED) is 0.501. The summed E-state index contributed by atoms with van der Waals surface area (Å²) >= 11 is 2.98. The molecule has 0 saturated heterocycles. The molecule has 0 amide bonds. The van der Waals surface area contributed by atoms with Crippen LogP contribution in [0.1, 0.15) is 18.1 Å². The SMILES string of the molecule is COC(CC(F)(F)C(F)(F)C(F)(F)C(F)(F)F)c1cccc(Br)c1. The molecule has 0 saturated carbocycles. The minimum atomic E-state index is -6.90. The van der Waals surface area contributed by atoms with Crippen molar-refractivity contribution in [2.45, 2.75) is 36.5 Å². The van der Waals surface area contributed by atoms with Crippen molar-refractivity contribution in [3.05, 3.63) is 34.3 Å². The Labute approximate surface area is 138 Å². The minimum Gasteiger partial charge on any atom is -0.377 e. The number of hydrogen-bond donors (Lipinski definition) is 0. The van der Waals surface area contributed by atoms with Crippen LogP contribution in [0.3, 0.4) is 0 Å². The number of ether oxygens (including phenoxy) is 1. The smallest absolute Gasteiger partial charge is 0.377 e. The maximum absolute atomic E-state index is 13.6. The number of benzene rings is 1. The second-order valence-corrected chi connectivity index (χ2v) is 5.75. The summed E-state index contributed by atoms with van der Waals surface area (Å²) in [6, 6.07) is 5.14. The van der Waals surface area contributed by atoms with Crippen molar-refractivity contribution in [2.24, 2.45) is 0 Å². The van der Waals surface area contributed by atoms with Crippen molar-refractivity contribution in [3.8, 4) is 0 Å². The summed E-state index contributed by atoms with van der Waals surface area (Å²) in [5, 5.41) is 0. The van der Waals surface area contributed by atoms with Gasteiger partial charge in [-0.3, -0.25) is 0 Å². The van der Waals surface area contributed by atoms with Gasteiger partial charge in [-0.15, -0.1) is 0 Å². The van der Waals surface area contributed by atoms with E-state index in [1.165, 1.54) is 24.3 Å². The molecule has 24 heavy (non-hydrogen) atoms. The van der Waals surface area contributed by atoms with Crippen molar-refractivity contribution >= 4 is 15.9 Å². The average molecular weight is 433 g/mol. The molecule has 1 unspecified atom stereocenters. The van der Waals surface area contributed by atoms with Crippen molar-refractivity contribution in [1.82, 2.24) is 0 Å². The second kappa shape index (κ2) is 6.74. The first kappa shape index (κ1) is 21.1. The highest BCUT2D eigenvalue weighted by Gasteiger charge is 2.81. The molecule has 1 aromatic rings. The van der Waals surface area contributed by atoms with Crippen LogP contribution in [0.2, 0.25) is 0 Å². The zero-order chi connectivity index (χ0) is 19.0. The highest BCUT2D eigenvalue weighted by Crippen LogP contribution is 2.55. The monoisotopic (exact) mass is 432 g/mol. The first-order valence-corrected chi connectivity index (χ1v) is 6.95. The average Bonchev–Trinajstić information content (AvgIpc) is 2.43. The molecule has 0 spiro atoms. The molecular formula is C13H10BrF9O. The van der Waals surface area contributed by atoms with Gasteiger partial charge >= 0.3 is 23.9 Å². The van der Waals surface area contributed by atoms with Gasteiger partial charge in [0.25, 0.3) is 0 Å².